The maximum atomic E-state index is 12.2. The number of ether oxygens (including phenoxy) is 1. The summed E-state index contributed by atoms with van der Waals surface area (Å²) in [6.45, 7) is 3.43. The fraction of sp³-hybridized carbons (Fsp3) is 0.312. The van der Waals surface area contributed by atoms with E-state index in [2.05, 4.69) is 4.98 Å². The first-order valence-electron chi connectivity index (χ1n) is 7.31. The van der Waals surface area contributed by atoms with Gasteiger partial charge in [0.1, 0.15) is 0 Å². The standard InChI is InChI=1S/C16H16N2O6/c1-3-24-16(21)15-9(2)17-13-6-4-10(18(22)23)8-12(13)11(15)5-7-14(19)20/h4,6,8H,3,5,7H2,1-2H3,(H,19,20). The number of esters is 1. The lowest BCUT2D eigenvalue weighted by Gasteiger charge is -2.14. The van der Waals surface area contributed by atoms with Crippen LogP contribution in [-0.4, -0.2) is 33.6 Å². The Kier molecular flexibility index (Phi) is 5.08. The fourth-order valence-corrected chi connectivity index (χ4v) is 2.53. The van der Waals surface area contributed by atoms with Crippen LogP contribution in [0.1, 0.15) is 35.0 Å². The number of carboxylic acids is 1. The second kappa shape index (κ2) is 7.03. The van der Waals surface area contributed by atoms with Crippen LogP contribution in [0.3, 0.4) is 0 Å². The van der Waals surface area contributed by atoms with Crippen molar-refractivity contribution in [1.82, 2.24) is 4.98 Å². The molecule has 8 nitrogen and oxygen atoms in total. The highest BCUT2D eigenvalue weighted by Gasteiger charge is 2.22. The van der Waals surface area contributed by atoms with Crippen LogP contribution in [0.4, 0.5) is 5.69 Å². The van der Waals surface area contributed by atoms with E-state index in [1.807, 2.05) is 0 Å². The second-order valence-corrected chi connectivity index (χ2v) is 5.12. The molecular formula is C16H16N2O6. The Hall–Kier alpha value is -3.03. The van der Waals surface area contributed by atoms with Gasteiger partial charge in [-0.25, -0.2) is 4.79 Å². The number of aryl methyl sites for hydroxylation is 2. The predicted octanol–water partition coefficient (Wildman–Crippen LogP) is 2.65. The number of hydrogen-bond donors (Lipinski definition) is 1. The van der Waals surface area contributed by atoms with Crippen molar-refractivity contribution in [3.05, 3.63) is 45.1 Å². The highest BCUT2D eigenvalue weighted by Crippen LogP contribution is 2.28. The van der Waals surface area contributed by atoms with Crippen LogP contribution in [0.2, 0.25) is 0 Å². The third kappa shape index (κ3) is 3.48. The van der Waals surface area contributed by atoms with E-state index in [0.29, 0.717) is 22.2 Å². The average molecular weight is 332 g/mol. The third-order valence-electron chi connectivity index (χ3n) is 3.54. The van der Waals surface area contributed by atoms with Gasteiger partial charge in [0.15, 0.2) is 0 Å². The minimum absolute atomic E-state index is 0.0461. The zero-order valence-electron chi connectivity index (χ0n) is 13.2. The van der Waals surface area contributed by atoms with Crippen LogP contribution in [0.5, 0.6) is 0 Å². The Labute approximate surface area is 137 Å². The number of carbonyl (C=O) groups excluding carboxylic acids is 1. The van der Waals surface area contributed by atoms with Gasteiger partial charge in [0, 0.05) is 23.9 Å². The Morgan fingerprint density at radius 1 is 1.38 bits per heavy atom. The van der Waals surface area contributed by atoms with Gasteiger partial charge >= 0.3 is 11.9 Å². The van der Waals surface area contributed by atoms with E-state index < -0.39 is 16.9 Å². The van der Waals surface area contributed by atoms with Gasteiger partial charge in [0.25, 0.3) is 5.69 Å². The van der Waals surface area contributed by atoms with Gasteiger partial charge in [0.2, 0.25) is 0 Å². The summed E-state index contributed by atoms with van der Waals surface area (Å²) in [7, 11) is 0. The van der Waals surface area contributed by atoms with Gasteiger partial charge in [-0.1, -0.05) is 0 Å². The van der Waals surface area contributed by atoms with Crippen molar-refractivity contribution in [3.8, 4) is 0 Å². The topological polar surface area (TPSA) is 120 Å². The number of aromatic nitrogens is 1. The van der Waals surface area contributed by atoms with Crippen molar-refractivity contribution in [1.29, 1.82) is 0 Å². The molecule has 0 aliphatic carbocycles. The molecule has 1 N–H and O–H groups in total. The number of nitrogens with zero attached hydrogens (tertiary/aromatic N) is 2. The van der Waals surface area contributed by atoms with Crippen molar-refractivity contribution < 1.29 is 24.4 Å². The number of benzene rings is 1. The van der Waals surface area contributed by atoms with E-state index >= 15 is 0 Å². The number of pyridine rings is 1. The van der Waals surface area contributed by atoms with Crippen LogP contribution >= 0.6 is 0 Å². The molecule has 2 rings (SSSR count). The second-order valence-electron chi connectivity index (χ2n) is 5.12. The summed E-state index contributed by atoms with van der Waals surface area (Å²) < 4.78 is 5.02. The van der Waals surface area contributed by atoms with E-state index in [9.17, 15) is 19.7 Å². The average Bonchev–Trinajstić information content (AvgIpc) is 2.51. The monoisotopic (exact) mass is 332 g/mol. The van der Waals surface area contributed by atoms with Crippen LogP contribution in [-0.2, 0) is 16.0 Å². The van der Waals surface area contributed by atoms with Gasteiger partial charge < -0.3 is 9.84 Å². The molecule has 0 bridgehead atoms. The largest absolute Gasteiger partial charge is 0.481 e. The van der Waals surface area contributed by atoms with E-state index in [-0.39, 0.29) is 30.7 Å². The van der Waals surface area contributed by atoms with Gasteiger partial charge in [-0.15, -0.1) is 0 Å². The van der Waals surface area contributed by atoms with Crippen molar-refractivity contribution in [2.75, 3.05) is 6.61 Å². The van der Waals surface area contributed by atoms with E-state index in [0.717, 1.165) is 0 Å². The molecule has 0 unspecified atom stereocenters. The first-order chi connectivity index (χ1) is 11.3. The molecule has 0 atom stereocenters. The Balaban J connectivity index is 2.74. The highest BCUT2D eigenvalue weighted by atomic mass is 16.6. The molecule has 2 aromatic rings. The number of rotatable bonds is 6. The molecule has 1 aromatic carbocycles. The summed E-state index contributed by atoms with van der Waals surface area (Å²) in [5, 5.41) is 20.3. The van der Waals surface area contributed by atoms with Crippen LogP contribution < -0.4 is 0 Å². The number of carboxylic acid groups (broad SMARTS) is 1. The highest BCUT2D eigenvalue weighted by molar-refractivity contribution is 5.99. The number of fused-ring (bicyclic) bond motifs is 1. The quantitative estimate of drug-likeness (QED) is 0.490. The fourth-order valence-electron chi connectivity index (χ4n) is 2.53. The van der Waals surface area contributed by atoms with Gasteiger partial charge in [-0.3, -0.25) is 19.9 Å². The predicted molar refractivity (Wildman–Crippen MR) is 85.0 cm³/mol. The normalized spacial score (nSPS) is 10.6. The molecule has 1 aromatic heterocycles. The molecule has 1 heterocycles. The molecule has 0 fully saturated rings. The molecule has 8 heteroatoms. The smallest absolute Gasteiger partial charge is 0.340 e. The molecule has 0 saturated carbocycles. The molecule has 0 amide bonds. The van der Waals surface area contributed by atoms with E-state index in [4.69, 9.17) is 9.84 Å². The van der Waals surface area contributed by atoms with E-state index in [1.54, 1.807) is 13.8 Å². The Morgan fingerprint density at radius 3 is 2.67 bits per heavy atom. The lowest BCUT2D eigenvalue weighted by molar-refractivity contribution is -0.384. The van der Waals surface area contributed by atoms with Gasteiger partial charge in [-0.2, -0.15) is 0 Å². The number of aliphatic carboxylic acids is 1. The molecule has 0 spiro atoms. The summed E-state index contributed by atoms with van der Waals surface area (Å²) in [5.74, 6) is -1.64. The van der Waals surface area contributed by atoms with Crippen molar-refractivity contribution in [2.45, 2.75) is 26.7 Å². The summed E-state index contributed by atoms with van der Waals surface area (Å²) in [6.07, 6.45) is -0.168. The molecular weight excluding hydrogens is 316 g/mol. The van der Waals surface area contributed by atoms with Gasteiger partial charge in [0.05, 0.1) is 28.3 Å². The van der Waals surface area contributed by atoms with Crippen molar-refractivity contribution >= 4 is 28.5 Å². The lowest BCUT2D eigenvalue weighted by Crippen LogP contribution is -2.13. The zero-order chi connectivity index (χ0) is 17.9. The minimum Gasteiger partial charge on any atom is -0.481 e. The minimum atomic E-state index is -1.03. The molecule has 0 aliphatic rings. The van der Waals surface area contributed by atoms with Crippen molar-refractivity contribution in [2.24, 2.45) is 0 Å². The first-order valence-corrected chi connectivity index (χ1v) is 7.31. The summed E-state index contributed by atoms with van der Waals surface area (Å²) in [4.78, 5) is 37.9. The maximum absolute atomic E-state index is 12.2. The van der Waals surface area contributed by atoms with Crippen LogP contribution in [0.15, 0.2) is 18.2 Å². The number of nitro groups is 1. The molecule has 0 radical (unpaired) electrons. The van der Waals surface area contributed by atoms with Gasteiger partial charge in [-0.05, 0) is 31.9 Å². The summed E-state index contributed by atoms with van der Waals surface area (Å²) >= 11 is 0. The zero-order valence-corrected chi connectivity index (χ0v) is 13.2. The molecule has 0 saturated heterocycles. The summed E-state index contributed by atoms with van der Waals surface area (Å²) in [5.41, 5.74) is 1.29. The molecule has 0 aliphatic heterocycles. The van der Waals surface area contributed by atoms with Crippen LogP contribution in [0, 0.1) is 17.0 Å². The number of hydrogen-bond acceptors (Lipinski definition) is 6. The third-order valence-corrected chi connectivity index (χ3v) is 3.54. The first kappa shape index (κ1) is 17.3. The molecule has 24 heavy (non-hydrogen) atoms. The van der Waals surface area contributed by atoms with Crippen LogP contribution in [0.25, 0.3) is 10.9 Å². The maximum Gasteiger partial charge on any atom is 0.340 e. The summed E-state index contributed by atoms with van der Waals surface area (Å²) in [6, 6.07) is 4.11. The van der Waals surface area contributed by atoms with Crippen molar-refractivity contribution in [3.63, 3.8) is 0 Å². The Morgan fingerprint density at radius 2 is 2.08 bits per heavy atom. The SMILES string of the molecule is CCOC(=O)c1c(C)nc2ccc([N+](=O)[O-])cc2c1CCC(=O)O. The van der Waals surface area contributed by atoms with E-state index in [1.165, 1.54) is 18.2 Å². The number of carbonyl (C=O) groups is 2. The molecule has 126 valence electrons. The number of non-ortho nitro benzene ring substituents is 1. The lowest BCUT2D eigenvalue weighted by atomic mass is 9.96. The number of nitro benzene ring substituents is 1. The Bertz CT molecular complexity index is 831.